The average molecular weight is 296 g/mol. The lowest BCUT2D eigenvalue weighted by molar-refractivity contribution is 0.244. The maximum absolute atomic E-state index is 11.7. The number of aliphatic hydroxyl groups is 1. The highest BCUT2D eigenvalue weighted by Gasteiger charge is 1.98. The minimum absolute atomic E-state index is 0.0258. The summed E-state index contributed by atoms with van der Waals surface area (Å²) in [7, 11) is 0. The van der Waals surface area contributed by atoms with E-state index in [1.807, 2.05) is 61.5 Å². The largest absolute Gasteiger partial charge is 0.392 e. The molecular weight excluding hydrogens is 276 g/mol. The molecule has 114 valence electrons. The molecule has 2 aromatic carbocycles. The summed E-state index contributed by atoms with van der Waals surface area (Å²) in [4.78, 5) is 11.7. The Bertz CT molecular complexity index is 631. The van der Waals surface area contributed by atoms with Gasteiger partial charge in [0.25, 0.3) is 0 Å². The lowest BCUT2D eigenvalue weighted by Gasteiger charge is -2.05. The maximum Gasteiger partial charge on any atom is 0.319 e. The van der Waals surface area contributed by atoms with Crippen molar-refractivity contribution >= 4 is 12.1 Å². The van der Waals surface area contributed by atoms with Crippen LogP contribution < -0.4 is 10.6 Å². The van der Waals surface area contributed by atoms with Crippen LogP contribution in [0, 0.1) is 6.92 Å². The van der Waals surface area contributed by atoms with Crippen LogP contribution in [0.1, 0.15) is 22.3 Å². The molecule has 2 amide bonds. The number of aryl methyl sites for hydroxylation is 1. The second kappa shape index (κ2) is 8.00. The van der Waals surface area contributed by atoms with Gasteiger partial charge in [0.05, 0.1) is 6.61 Å². The van der Waals surface area contributed by atoms with Crippen LogP contribution in [0.3, 0.4) is 0 Å². The van der Waals surface area contributed by atoms with Crippen LogP contribution in [-0.4, -0.2) is 11.1 Å². The minimum atomic E-state index is -0.255. The summed E-state index contributed by atoms with van der Waals surface area (Å²) in [5.74, 6) is 0. The van der Waals surface area contributed by atoms with Gasteiger partial charge in [-0.05, 0) is 29.7 Å². The van der Waals surface area contributed by atoms with E-state index in [4.69, 9.17) is 5.11 Å². The third kappa shape index (κ3) is 5.07. The number of carbonyl (C=O) groups is 1. The van der Waals surface area contributed by atoms with Crippen molar-refractivity contribution in [1.82, 2.24) is 10.6 Å². The van der Waals surface area contributed by atoms with Crippen LogP contribution in [0.25, 0.3) is 6.08 Å². The van der Waals surface area contributed by atoms with Crippen molar-refractivity contribution in [2.45, 2.75) is 20.1 Å². The normalized spacial score (nSPS) is 10.6. The number of urea groups is 1. The third-order valence-corrected chi connectivity index (χ3v) is 3.23. The van der Waals surface area contributed by atoms with E-state index in [0.717, 1.165) is 16.7 Å². The molecule has 2 rings (SSSR count). The van der Waals surface area contributed by atoms with E-state index < -0.39 is 0 Å². The summed E-state index contributed by atoms with van der Waals surface area (Å²) in [6.07, 6.45) is 3.46. The van der Waals surface area contributed by atoms with Gasteiger partial charge in [-0.1, -0.05) is 54.1 Å². The van der Waals surface area contributed by atoms with Crippen molar-refractivity contribution in [3.63, 3.8) is 0 Å². The number of aliphatic hydroxyl groups excluding tert-OH is 1. The summed E-state index contributed by atoms with van der Waals surface area (Å²) >= 11 is 0. The molecule has 0 spiro atoms. The number of rotatable bonds is 5. The van der Waals surface area contributed by atoms with Crippen molar-refractivity contribution in [3.05, 3.63) is 77.0 Å². The zero-order valence-corrected chi connectivity index (χ0v) is 12.5. The Balaban J connectivity index is 1.76. The predicted octanol–water partition coefficient (Wildman–Crippen LogP) is 2.96. The van der Waals surface area contributed by atoms with Gasteiger partial charge in [-0.15, -0.1) is 0 Å². The number of hydrogen-bond acceptors (Lipinski definition) is 2. The number of hydrogen-bond donors (Lipinski definition) is 3. The first-order valence-electron chi connectivity index (χ1n) is 7.13. The molecule has 2 aromatic rings. The summed E-state index contributed by atoms with van der Waals surface area (Å²) in [5, 5.41) is 14.4. The van der Waals surface area contributed by atoms with Crippen molar-refractivity contribution in [1.29, 1.82) is 0 Å². The molecule has 0 bridgehead atoms. The van der Waals surface area contributed by atoms with Crippen molar-refractivity contribution in [3.8, 4) is 0 Å². The molecule has 0 atom stereocenters. The fraction of sp³-hybridized carbons (Fsp3) is 0.167. The van der Waals surface area contributed by atoms with E-state index >= 15 is 0 Å². The Morgan fingerprint density at radius 2 is 1.68 bits per heavy atom. The van der Waals surface area contributed by atoms with Gasteiger partial charge in [-0.25, -0.2) is 4.79 Å². The zero-order chi connectivity index (χ0) is 15.8. The van der Waals surface area contributed by atoms with Crippen LogP contribution in [0.4, 0.5) is 4.79 Å². The zero-order valence-electron chi connectivity index (χ0n) is 12.5. The molecule has 0 saturated heterocycles. The van der Waals surface area contributed by atoms with Gasteiger partial charge in [-0.2, -0.15) is 0 Å². The van der Waals surface area contributed by atoms with Crippen LogP contribution in [-0.2, 0) is 13.2 Å². The lowest BCUT2D eigenvalue weighted by atomic mass is 10.1. The number of amides is 2. The second-order valence-corrected chi connectivity index (χ2v) is 5.05. The van der Waals surface area contributed by atoms with Gasteiger partial charge in [-0.3, -0.25) is 0 Å². The molecule has 0 radical (unpaired) electrons. The van der Waals surface area contributed by atoms with E-state index in [0.29, 0.717) is 6.54 Å². The van der Waals surface area contributed by atoms with Gasteiger partial charge in [0.2, 0.25) is 0 Å². The highest BCUT2D eigenvalue weighted by atomic mass is 16.3. The standard InChI is InChI=1S/C18H20N2O2/c1-14-2-4-15(5-3-14)10-11-19-18(22)20-12-16-6-8-17(13-21)9-7-16/h2-11,21H,12-13H2,1H3,(H2,19,20,22)/b11-10+. The molecule has 0 fully saturated rings. The van der Waals surface area contributed by atoms with E-state index in [1.165, 1.54) is 5.56 Å². The Kier molecular flexibility index (Phi) is 5.74. The van der Waals surface area contributed by atoms with Gasteiger partial charge in [0.1, 0.15) is 0 Å². The van der Waals surface area contributed by atoms with Crippen LogP contribution in [0.2, 0.25) is 0 Å². The van der Waals surface area contributed by atoms with Crippen molar-refractivity contribution < 1.29 is 9.90 Å². The highest BCUT2D eigenvalue weighted by molar-refractivity contribution is 5.75. The van der Waals surface area contributed by atoms with Crippen LogP contribution >= 0.6 is 0 Å². The molecule has 0 aliphatic heterocycles. The fourth-order valence-electron chi connectivity index (χ4n) is 1.89. The van der Waals surface area contributed by atoms with Gasteiger partial charge < -0.3 is 15.7 Å². The van der Waals surface area contributed by atoms with Crippen molar-refractivity contribution in [2.75, 3.05) is 0 Å². The first-order valence-corrected chi connectivity index (χ1v) is 7.13. The number of benzene rings is 2. The van der Waals surface area contributed by atoms with Crippen molar-refractivity contribution in [2.24, 2.45) is 0 Å². The van der Waals surface area contributed by atoms with E-state index in [9.17, 15) is 4.79 Å². The Hall–Kier alpha value is -2.59. The highest BCUT2D eigenvalue weighted by Crippen LogP contribution is 2.05. The Morgan fingerprint density at radius 3 is 2.32 bits per heavy atom. The maximum atomic E-state index is 11.7. The average Bonchev–Trinajstić information content (AvgIpc) is 2.55. The van der Waals surface area contributed by atoms with Gasteiger partial charge in [0.15, 0.2) is 0 Å². The van der Waals surface area contributed by atoms with E-state index in [2.05, 4.69) is 10.6 Å². The van der Waals surface area contributed by atoms with Crippen LogP contribution in [0.15, 0.2) is 54.7 Å². The number of nitrogens with one attached hydrogen (secondary N) is 2. The first kappa shape index (κ1) is 15.8. The van der Waals surface area contributed by atoms with E-state index in [1.54, 1.807) is 6.20 Å². The summed E-state index contributed by atoms with van der Waals surface area (Å²) in [6, 6.07) is 15.2. The smallest absolute Gasteiger partial charge is 0.319 e. The third-order valence-electron chi connectivity index (χ3n) is 3.23. The predicted molar refractivity (Wildman–Crippen MR) is 87.9 cm³/mol. The quantitative estimate of drug-likeness (QED) is 0.794. The molecular formula is C18H20N2O2. The SMILES string of the molecule is Cc1ccc(/C=C/NC(=O)NCc2ccc(CO)cc2)cc1. The topological polar surface area (TPSA) is 61.4 Å². The second-order valence-electron chi connectivity index (χ2n) is 5.05. The lowest BCUT2D eigenvalue weighted by Crippen LogP contribution is -2.31. The molecule has 3 N–H and O–H groups in total. The molecule has 0 aromatic heterocycles. The molecule has 0 saturated carbocycles. The summed E-state index contributed by atoms with van der Waals surface area (Å²) < 4.78 is 0. The Labute approximate surface area is 130 Å². The molecule has 4 nitrogen and oxygen atoms in total. The monoisotopic (exact) mass is 296 g/mol. The molecule has 22 heavy (non-hydrogen) atoms. The van der Waals surface area contributed by atoms with Gasteiger partial charge in [0, 0.05) is 12.7 Å². The van der Waals surface area contributed by atoms with Gasteiger partial charge >= 0.3 is 6.03 Å². The molecule has 0 aliphatic rings. The fourth-order valence-corrected chi connectivity index (χ4v) is 1.89. The Morgan fingerprint density at radius 1 is 1.05 bits per heavy atom. The van der Waals surface area contributed by atoms with E-state index in [-0.39, 0.29) is 12.6 Å². The van der Waals surface area contributed by atoms with Crippen LogP contribution in [0.5, 0.6) is 0 Å². The molecule has 0 heterocycles. The number of carbonyl (C=O) groups excluding carboxylic acids is 1. The minimum Gasteiger partial charge on any atom is -0.392 e. The summed E-state index contributed by atoms with van der Waals surface area (Å²) in [5.41, 5.74) is 4.07. The molecule has 0 aliphatic carbocycles. The molecule has 0 unspecified atom stereocenters. The molecule has 4 heteroatoms. The summed E-state index contributed by atoms with van der Waals surface area (Å²) in [6.45, 7) is 2.50. The first-order chi connectivity index (χ1) is 10.7.